The number of piperazine rings is 1. The average molecular weight is 242 g/mol. The molecule has 0 radical (unpaired) electrons. The predicted octanol–water partition coefficient (Wildman–Crippen LogP) is 0.114. The third-order valence-corrected chi connectivity index (χ3v) is 3.67. The molecular formula is C12H22N2O3. The van der Waals surface area contributed by atoms with Gasteiger partial charge in [-0.1, -0.05) is 0 Å². The predicted molar refractivity (Wildman–Crippen MR) is 64.0 cm³/mol. The number of nitrogens with zero attached hydrogens (tertiary/aromatic N) is 2. The van der Waals surface area contributed by atoms with Gasteiger partial charge in [0.2, 0.25) is 0 Å². The molecule has 0 aromatic heterocycles. The summed E-state index contributed by atoms with van der Waals surface area (Å²) in [5, 5.41) is 9.14. The molecule has 0 amide bonds. The van der Waals surface area contributed by atoms with Gasteiger partial charge < -0.3 is 14.7 Å². The van der Waals surface area contributed by atoms with Gasteiger partial charge in [-0.25, -0.2) is 0 Å². The number of hydrogen-bond donors (Lipinski definition) is 1. The Labute approximate surface area is 102 Å². The molecule has 5 nitrogen and oxygen atoms in total. The highest BCUT2D eigenvalue weighted by atomic mass is 16.5. The molecule has 17 heavy (non-hydrogen) atoms. The molecule has 2 aliphatic rings. The van der Waals surface area contributed by atoms with E-state index < -0.39 is 12.0 Å². The second kappa shape index (κ2) is 5.80. The fourth-order valence-electron chi connectivity index (χ4n) is 2.41. The van der Waals surface area contributed by atoms with E-state index in [1.54, 1.807) is 7.11 Å². The second-order valence-electron chi connectivity index (χ2n) is 5.09. The van der Waals surface area contributed by atoms with E-state index in [4.69, 9.17) is 9.84 Å². The van der Waals surface area contributed by atoms with Crippen LogP contribution in [0.2, 0.25) is 0 Å². The van der Waals surface area contributed by atoms with Crippen LogP contribution >= 0.6 is 0 Å². The Balaban J connectivity index is 1.77. The maximum Gasteiger partial charge on any atom is 0.323 e. The number of aliphatic carboxylic acids is 1. The van der Waals surface area contributed by atoms with Crippen molar-refractivity contribution in [2.45, 2.75) is 18.9 Å². The van der Waals surface area contributed by atoms with Crippen LogP contribution in [0.1, 0.15) is 12.8 Å². The third-order valence-electron chi connectivity index (χ3n) is 3.67. The van der Waals surface area contributed by atoms with Crippen LogP contribution in [0.4, 0.5) is 0 Å². The zero-order valence-corrected chi connectivity index (χ0v) is 10.5. The zero-order valence-electron chi connectivity index (χ0n) is 10.5. The Morgan fingerprint density at radius 3 is 2.47 bits per heavy atom. The van der Waals surface area contributed by atoms with Gasteiger partial charge in [-0.15, -0.1) is 0 Å². The van der Waals surface area contributed by atoms with E-state index in [0.29, 0.717) is 0 Å². The van der Waals surface area contributed by atoms with Crippen molar-refractivity contribution in [3.05, 3.63) is 0 Å². The Hall–Kier alpha value is -0.650. The number of carboxylic acid groups (broad SMARTS) is 1. The van der Waals surface area contributed by atoms with E-state index in [-0.39, 0.29) is 6.61 Å². The fourth-order valence-corrected chi connectivity index (χ4v) is 2.41. The minimum absolute atomic E-state index is 0.276. The summed E-state index contributed by atoms with van der Waals surface area (Å²) in [6, 6.07) is -0.483. The van der Waals surface area contributed by atoms with E-state index in [9.17, 15) is 4.79 Å². The van der Waals surface area contributed by atoms with Gasteiger partial charge in [-0.2, -0.15) is 0 Å². The Morgan fingerprint density at radius 2 is 2.00 bits per heavy atom. The number of hydrogen-bond acceptors (Lipinski definition) is 4. The lowest BCUT2D eigenvalue weighted by Crippen LogP contribution is -2.54. The number of rotatable bonds is 6. The van der Waals surface area contributed by atoms with Crippen LogP contribution < -0.4 is 0 Å². The number of methoxy groups -OCH3 is 1. The molecule has 1 saturated heterocycles. The maximum absolute atomic E-state index is 11.1. The van der Waals surface area contributed by atoms with Gasteiger partial charge in [0.1, 0.15) is 6.04 Å². The maximum atomic E-state index is 11.1. The Bertz CT molecular complexity index is 260. The standard InChI is InChI=1S/C12H22N2O3/c1-17-9-11(12(15)16)14-6-4-13(5-7-14)8-10-2-3-10/h10-11H,2-9H2,1H3,(H,15,16). The highest BCUT2D eigenvalue weighted by Gasteiger charge is 2.31. The first kappa shape index (κ1) is 12.8. The van der Waals surface area contributed by atoms with E-state index in [1.165, 1.54) is 19.4 Å². The van der Waals surface area contributed by atoms with Crippen molar-refractivity contribution in [2.24, 2.45) is 5.92 Å². The van der Waals surface area contributed by atoms with Crippen molar-refractivity contribution >= 4 is 5.97 Å². The number of ether oxygens (including phenoxy) is 1. The third kappa shape index (κ3) is 3.66. The first-order valence-electron chi connectivity index (χ1n) is 6.39. The Kier molecular flexibility index (Phi) is 4.36. The van der Waals surface area contributed by atoms with E-state index in [2.05, 4.69) is 4.90 Å². The fraction of sp³-hybridized carbons (Fsp3) is 0.917. The molecule has 2 fully saturated rings. The summed E-state index contributed by atoms with van der Waals surface area (Å²) in [4.78, 5) is 15.6. The first-order chi connectivity index (χ1) is 8.20. The lowest BCUT2D eigenvalue weighted by atomic mass is 10.2. The molecule has 98 valence electrons. The molecule has 1 aliphatic heterocycles. The van der Waals surface area contributed by atoms with Crippen LogP contribution in [0.5, 0.6) is 0 Å². The average Bonchev–Trinajstić information content (AvgIpc) is 3.11. The molecule has 1 atom stereocenters. The summed E-state index contributed by atoms with van der Waals surface area (Å²) >= 11 is 0. The molecule has 1 heterocycles. The largest absolute Gasteiger partial charge is 0.480 e. The van der Waals surface area contributed by atoms with Crippen LogP contribution in [0, 0.1) is 5.92 Å². The van der Waals surface area contributed by atoms with Gasteiger partial charge >= 0.3 is 5.97 Å². The van der Waals surface area contributed by atoms with Crippen LogP contribution in [0.15, 0.2) is 0 Å². The number of carbonyl (C=O) groups is 1. The molecule has 2 rings (SSSR count). The summed E-state index contributed by atoms with van der Waals surface area (Å²) in [6.45, 7) is 5.14. The monoisotopic (exact) mass is 242 g/mol. The van der Waals surface area contributed by atoms with Crippen molar-refractivity contribution in [2.75, 3.05) is 46.4 Å². The molecule has 0 aromatic carbocycles. The van der Waals surface area contributed by atoms with Gasteiger partial charge in [0.05, 0.1) is 6.61 Å². The van der Waals surface area contributed by atoms with E-state index in [0.717, 1.165) is 32.1 Å². The van der Waals surface area contributed by atoms with Crippen LogP contribution in [-0.4, -0.2) is 73.4 Å². The van der Waals surface area contributed by atoms with E-state index >= 15 is 0 Å². The normalized spacial score (nSPS) is 24.8. The molecule has 1 unspecified atom stereocenters. The molecule has 0 bridgehead atoms. The molecular weight excluding hydrogens is 220 g/mol. The van der Waals surface area contributed by atoms with Crippen molar-refractivity contribution in [1.82, 2.24) is 9.80 Å². The molecule has 1 aliphatic carbocycles. The molecule has 0 spiro atoms. The summed E-state index contributed by atoms with van der Waals surface area (Å²) in [7, 11) is 1.55. The summed E-state index contributed by atoms with van der Waals surface area (Å²) in [5.41, 5.74) is 0. The van der Waals surface area contributed by atoms with Gasteiger partial charge in [-0.3, -0.25) is 9.69 Å². The molecule has 5 heteroatoms. The number of carboxylic acids is 1. The van der Waals surface area contributed by atoms with Crippen LogP contribution in [0.3, 0.4) is 0 Å². The van der Waals surface area contributed by atoms with Gasteiger partial charge in [0.25, 0.3) is 0 Å². The highest BCUT2D eigenvalue weighted by molar-refractivity contribution is 5.73. The van der Waals surface area contributed by atoms with Crippen LogP contribution in [-0.2, 0) is 9.53 Å². The quantitative estimate of drug-likeness (QED) is 0.716. The minimum Gasteiger partial charge on any atom is -0.480 e. The summed E-state index contributed by atoms with van der Waals surface area (Å²) < 4.78 is 4.98. The van der Waals surface area contributed by atoms with Crippen molar-refractivity contribution in [3.63, 3.8) is 0 Å². The lowest BCUT2D eigenvalue weighted by molar-refractivity contribution is -0.146. The topological polar surface area (TPSA) is 53.0 Å². The molecule has 0 aromatic rings. The SMILES string of the molecule is COCC(C(=O)O)N1CCN(CC2CC2)CC1. The molecule has 1 N–H and O–H groups in total. The summed E-state index contributed by atoms with van der Waals surface area (Å²) in [6.07, 6.45) is 2.75. The van der Waals surface area contributed by atoms with Crippen molar-refractivity contribution < 1.29 is 14.6 Å². The highest BCUT2D eigenvalue weighted by Crippen LogP contribution is 2.29. The van der Waals surface area contributed by atoms with Gasteiger partial charge in [0, 0.05) is 39.8 Å². The van der Waals surface area contributed by atoms with E-state index in [1.807, 2.05) is 4.90 Å². The zero-order chi connectivity index (χ0) is 12.3. The summed E-state index contributed by atoms with van der Waals surface area (Å²) in [5.74, 6) is 0.137. The van der Waals surface area contributed by atoms with Gasteiger partial charge in [-0.05, 0) is 18.8 Å². The van der Waals surface area contributed by atoms with Crippen LogP contribution in [0.25, 0.3) is 0 Å². The Morgan fingerprint density at radius 1 is 1.35 bits per heavy atom. The van der Waals surface area contributed by atoms with Crippen molar-refractivity contribution in [1.29, 1.82) is 0 Å². The van der Waals surface area contributed by atoms with Gasteiger partial charge in [0.15, 0.2) is 0 Å². The second-order valence-corrected chi connectivity index (χ2v) is 5.09. The minimum atomic E-state index is -0.775. The first-order valence-corrected chi connectivity index (χ1v) is 6.39. The van der Waals surface area contributed by atoms with Crippen molar-refractivity contribution in [3.8, 4) is 0 Å². The smallest absolute Gasteiger partial charge is 0.323 e. The molecule has 1 saturated carbocycles. The lowest BCUT2D eigenvalue weighted by Gasteiger charge is -2.37.